The fourth-order valence-electron chi connectivity index (χ4n) is 4.53. The van der Waals surface area contributed by atoms with Gasteiger partial charge >= 0.3 is 0 Å². The van der Waals surface area contributed by atoms with E-state index in [0.717, 1.165) is 4.90 Å². The van der Waals surface area contributed by atoms with Crippen LogP contribution in [-0.4, -0.2) is 40.1 Å². The highest BCUT2D eigenvalue weighted by molar-refractivity contribution is 8.00. The summed E-state index contributed by atoms with van der Waals surface area (Å²) < 4.78 is 0. The molecule has 2 atom stereocenters. The van der Waals surface area contributed by atoms with Crippen LogP contribution < -0.4 is 10.2 Å². The van der Waals surface area contributed by atoms with Crippen LogP contribution in [0.2, 0.25) is 0 Å². The Kier molecular flexibility index (Phi) is 6.43. The molecule has 2 heterocycles. The van der Waals surface area contributed by atoms with Crippen molar-refractivity contribution in [3.8, 4) is 6.07 Å². The van der Waals surface area contributed by atoms with E-state index >= 15 is 0 Å². The quantitative estimate of drug-likeness (QED) is 0.615. The van der Waals surface area contributed by atoms with E-state index in [2.05, 4.69) is 11.4 Å². The van der Waals surface area contributed by atoms with Gasteiger partial charge in [-0.2, -0.15) is 5.26 Å². The molecule has 1 N–H and O–H groups in total. The number of hydrogen-bond donors (Lipinski definition) is 1. The number of nitriles is 1. The minimum atomic E-state index is -0.775. The van der Waals surface area contributed by atoms with Crippen LogP contribution in [-0.2, 0) is 9.59 Å². The van der Waals surface area contributed by atoms with Crippen molar-refractivity contribution in [1.82, 2.24) is 4.90 Å². The first-order valence-corrected chi connectivity index (χ1v) is 11.9. The van der Waals surface area contributed by atoms with Crippen LogP contribution in [0.15, 0.2) is 53.4 Å². The fraction of sp³-hybridized carbons (Fsp3) is 0.360. The molecule has 0 spiro atoms. The van der Waals surface area contributed by atoms with Gasteiger partial charge in [0.1, 0.15) is 5.66 Å². The molecule has 4 rings (SSSR count). The van der Waals surface area contributed by atoms with Gasteiger partial charge in [0.15, 0.2) is 0 Å². The number of thioether (sulfide) groups is 1. The SMILES string of the molecule is C[C@@H](CC#N)Sc1ccccc1NC(=O)CCN1C(=O)c2ccccc2N2C(=O)CC[C@@]12C. The van der Waals surface area contributed by atoms with Crippen molar-refractivity contribution < 1.29 is 14.4 Å². The van der Waals surface area contributed by atoms with E-state index in [4.69, 9.17) is 5.26 Å². The van der Waals surface area contributed by atoms with Crippen molar-refractivity contribution in [2.24, 2.45) is 0 Å². The number of anilines is 2. The Balaban J connectivity index is 1.49. The molecule has 2 aliphatic heterocycles. The number of nitrogens with one attached hydrogen (secondary N) is 1. The number of rotatable bonds is 7. The van der Waals surface area contributed by atoms with Gasteiger partial charge in [0.05, 0.1) is 23.0 Å². The Bertz CT molecular complexity index is 1140. The second-order valence-electron chi connectivity index (χ2n) is 8.51. The molecule has 1 saturated heterocycles. The Morgan fingerprint density at radius 3 is 2.73 bits per heavy atom. The molecule has 3 amide bonds. The molecular formula is C25H26N4O3S. The Morgan fingerprint density at radius 1 is 1.21 bits per heavy atom. The van der Waals surface area contributed by atoms with Crippen LogP contribution in [0.1, 0.15) is 49.9 Å². The maximum atomic E-state index is 13.3. The zero-order chi connectivity index (χ0) is 23.6. The zero-order valence-electron chi connectivity index (χ0n) is 18.7. The average molecular weight is 463 g/mol. The van der Waals surface area contributed by atoms with Crippen LogP contribution in [0.5, 0.6) is 0 Å². The van der Waals surface area contributed by atoms with E-state index in [-0.39, 0.29) is 35.9 Å². The van der Waals surface area contributed by atoms with Crippen LogP contribution >= 0.6 is 11.8 Å². The van der Waals surface area contributed by atoms with Crippen molar-refractivity contribution in [2.75, 3.05) is 16.8 Å². The summed E-state index contributed by atoms with van der Waals surface area (Å²) in [7, 11) is 0. The lowest BCUT2D eigenvalue weighted by molar-refractivity contribution is -0.117. The van der Waals surface area contributed by atoms with Gasteiger partial charge in [-0.25, -0.2) is 0 Å². The van der Waals surface area contributed by atoms with Gasteiger partial charge in [-0.15, -0.1) is 11.8 Å². The molecule has 0 unspecified atom stereocenters. The lowest BCUT2D eigenvalue weighted by Crippen LogP contribution is -2.62. The van der Waals surface area contributed by atoms with E-state index in [1.807, 2.05) is 44.2 Å². The highest BCUT2D eigenvalue weighted by Gasteiger charge is 2.52. The van der Waals surface area contributed by atoms with Gasteiger partial charge < -0.3 is 10.2 Å². The van der Waals surface area contributed by atoms with E-state index in [0.29, 0.717) is 36.2 Å². The summed E-state index contributed by atoms with van der Waals surface area (Å²) in [6, 6.07) is 16.8. The third-order valence-corrected chi connectivity index (χ3v) is 7.36. The molecule has 0 radical (unpaired) electrons. The third kappa shape index (κ3) is 4.33. The van der Waals surface area contributed by atoms with E-state index in [1.54, 1.807) is 39.8 Å². The summed E-state index contributed by atoms with van der Waals surface area (Å²) >= 11 is 1.54. The highest BCUT2D eigenvalue weighted by Crippen LogP contribution is 2.44. The van der Waals surface area contributed by atoms with E-state index in [9.17, 15) is 14.4 Å². The van der Waals surface area contributed by atoms with Gasteiger partial charge in [0, 0.05) is 36.0 Å². The summed E-state index contributed by atoms with van der Waals surface area (Å²) in [4.78, 5) is 43.1. The molecule has 7 nitrogen and oxygen atoms in total. The van der Waals surface area contributed by atoms with Crippen LogP contribution in [0.3, 0.4) is 0 Å². The molecule has 0 bridgehead atoms. The Labute approximate surface area is 197 Å². The second-order valence-corrected chi connectivity index (χ2v) is 9.99. The molecule has 2 aromatic rings. The summed E-state index contributed by atoms with van der Waals surface area (Å²) in [5.74, 6) is -0.375. The lowest BCUT2D eigenvalue weighted by Gasteiger charge is -2.48. The molecule has 0 aliphatic carbocycles. The summed E-state index contributed by atoms with van der Waals surface area (Å²) in [5.41, 5.74) is 1.05. The van der Waals surface area contributed by atoms with Crippen molar-refractivity contribution in [3.63, 3.8) is 0 Å². The van der Waals surface area contributed by atoms with Crippen LogP contribution in [0.25, 0.3) is 0 Å². The van der Waals surface area contributed by atoms with Gasteiger partial charge in [-0.1, -0.05) is 31.2 Å². The van der Waals surface area contributed by atoms with Crippen molar-refractivity contribution in [3.05, 3.63) is 54.1 Å². The third-order valence-electron chi connectivity index (χ3n) is 6.18. The zero-order valence-corrected chi connectivity index (χ0v) is 19.5. The summed E-state index contributed by atoms with van der Waals surface area (Å²) in [6.07, 6.45) is 1.42. The highest BCUT2D eigenvalue weighted by atomic mass is 32.2. The van der Waals surface area contributed by atoms with Crippen molar-refractivity contribution in [1.29, 1.82) is 5.26 Å². The number of fused-ring (bicyclic) bond motifs is 3. The minimum absolute atomic E-state index is 0.00987. The van der Waals surface area contributed by atoms with Gasteiger partial charge in [0.25, 0.3) is 5.91 Å². The first-order valence-electron chi connectivity index (χ1n) is 11.0. The monoisotopic (exact) mass is 462 g/mol. The number of benzene rings is 2. The molecule has 8 heteroatoms. The molecule has 0 aromatic heterocycles. The fourth-order valence-corrected chi connectivity index (χ4v) is 5.52. The van der Waals surface area contributed by atoms with Crippen LogP contribution in [0, 0.1) is 11.3 Å². The smallest absolute Gasteiger partial charge is 0.257 e. The number of carbonyl (C=O) groups is 3. The number of amides is 3. The molecule has 2 aromatic carbocycles. The largest absolute Gasteiger partial charge is 0.325 e. The molecule has 2 aliphatic rings. The molecule has 0 saturated carbocycles. The normalized spacial score (nSPS) is 20.2. The van der Waals surface area contributed by atoms with E-state index in [1.165, 1.54) is 0 Å². The average Bonchev–Trinajstić information content (AvgIpc) is 3.10. The van der Waals surface area contributed by atoms with Crippen molar-refractivity contribution >= 4 is 40.9 Å². The molecule has 33 heavy (non-hydrogen) atoms. The number of para-hydroxylation sites is 2. The minimum Gasteiger partial charge on any atom is -0.325 e. The number of hydrogen-bond acceptors (Lipinski definition) is 5. The Hall–Kier alpha value is -3.31. The number of carbonyl (C=O) groups excluding carboxylic acids is 3. The van der Waals surface area contributed by atoms with Gasteiger partial charge in [-0.05, 0) is 37.6 Å². The first kappa shape index (κ1) is 22.9. The maximum absolute atomic E-state index is 13.3. The first-order chi connectivity index (χ1) is 15.8. The van der Waals surface area contributed by atoms with Crippen LogP contribution in [0.4, 0.5) is 11.4 Å². The second kappa shape index (κ2) is 9.28. The predicted octanol–water partition coefficient (Wildman–Crippen LogP) is 4.41. The predicted molar refractivity (Wildman–Crippen MR) is 128 cm³/mol. The summed E-state index contributed by atoms with van der Waals surface area (Å²) in [6.45, 7) is 4.08. The standard InChI is InChI=1S/C25H26N4O3S/c1-17(12-15-26)33-21-10-6-4-8-19(21)27-22(30)13-16-28-24(32)18-7-3-5-9-20(18)29-23(31)11-14-25(28,29)2/h3-10,17H,11-14,16H2,1-2H3,(H,27,30)/t17-,25-/m0/s1. The molecule has 170 valence electrons. The Morgan fingerprint density at radius 2 is 1.94 bits per heavy atom. The van der Waals surface area contributed by atoms with Gasteiger partial charge in [0.2, 0.25) is 11.8 Å². The summed E-state index contributed by atoms with van der Waals surface area (Å²) in [5, 5.41) is 12.0. The number of nitrogens with zero attached hydrogens (tertiary/aromatic N) is 3. The van der Waals surface area contributed by atoms with Crippen molar-refractivity contribution in [2.45, 2.75) is 55.3 Å². The van der Waals surface area contributed by atoms with Gasteiger partial charge in [-0.3, -0.25) is 19.3 Å². The molecular weight excluding hydrogens is 436 g/mol. The molecule has 1 fully saturated rings. The lowest BCUT2D eigenvalue weighted by atomic mass is 9.98. The maximum Gasteiger partial charge on any atom is 0.257 e. The van der Waals surface area contributed by atoms with E-state index < -0.39 is 5.66 Å². The topological polar surface area (TPSA) is 93.5 Å².